The van der Waals surface area contributed by atoms with Crippen LogP contribution in [0, 0.1) is 16.0 Å². The van der Waals surface area contributed by atoms with E-state index in [1.54, 1.807) is 20.8 Å². The summed E-state index contributed by atoms with van der Waals surface area (Å²) < 4.78 is 5.42. The number of amides is 1. The molecule has 0 aliphatic rings. The van der Waals surface area contributed by atoms with Gasteiger partial charge in [-0.05, 0) is 45.2 Å². The number of nitrogens with one attached hydrogen (secondary N) is 2. The number of esters is 1. The molecule has 0 radical (unpaired) electrons. The third-order valence-corrected chi connectivity index (χ3v) is 3.24. The minimum Gasteiger partial charge on any atom is -0.458 e. The molecular weight excluding hydrogens is 338 g/mol. The fraction of sp³-hybridized carbons (Fsp3) is 0.556. The molecule has 0 aliphatic carbocycles. The Hall–Kier alpha value is -2.64. The lowest BCUT2D eigenvalue weighted by atomic mass is 10.0. The van der Waals surface area contributed by atoms with Gasteiger partial charge in [0.25, 0.3) is 5.69 Å². The summed E-state index contributed by atoms with van der Waals surface area (Å²) in [6.45, 7) is 10.5. The summed E-state index contributed by atoms with van der Waals surface area (Å²) in [5, 5.41) is 16.8. The summed E-state index contributed by atoms with van der Waals surface area (Å²) in [6.07, 6.45) is 0.458. The first-order chi connectivity index (χ1) is 11.9. The van der Waals surface area contributed by atoms with Crippen LogP contribution in [-0.4, -0.2) is 28.4 Å². The highest BCUT2D eigenvalue weighted by molar-refractivity contribution is 5.90. The van der Waals surface area contributed by atoms with Gasteiger partial charge in [-0.15, -0.1) is 0 Å². The molecule has 144 valence electrons. The molecule has 0 aromatic heterocycles. The smallest absolute Gasteiger partial charge is 0.329 e. The minimum atomic E-state index is -0.723. The van der Waals surface area contributed by atoms with Crippen LogP contribution in [0.2, 0.25) is 0 Å². The molecule has 8 heteroatoms. The second-order valence-electron chi connectivity index (χ2n) is 7.53. The summed E-state index contributed by atoms with van der Waals surface area (Å²) in [5.74, 6) is -0.615. The van der Waals surface area contributed by atoms with Gasteiger partial charge in [0.05, 0.1) is 4.92 Å². The monoisotopic (exact) mass is 365 g/mol. The number of carbonyl (C=O) groups is 2. The van der Waals surface area contributed by atoms with Gasteiger partial charge >= 0.3 is 5.97 Å². The molecule has 8 nitrogen and oxygen atoms in total. The summed E-state index contributed by atoms with van der Waals surface area (Å²) in [6, 6.07) is 3.55. The van der Waals surface area contributed by atoms with Gasteiger partial charge in [0, 0.05) is 18.7 Å². The Morgan fingerprint density at radius 3 is 2.35 bits per heavy atom. The Kier molecular flexibility index (Phi) is 7.11. The zero-order chi connectivity index (χ0) is 20.1. The number of anilines is 2. The highest BCUT2D eigenvalue weighted by Crippen LogP contribution is 2.29. The molecule has 0 aliphatic heterocycles. The molecule has 1 rings (SSSR count). The van der Waals surface area contributed by atoms with Crippen molar-refractivity contribution in [1.29, 1.82) is 0 Å². The van der Waals surface area contributed by atoms with Crippen LogP contribution in [-0.2, 0) is 14.3 Å². The third-order valence-electron chi connectivity index (χ3n) is 3.24. The number of nitro groups is 1. The average molecular weight is 365 g/mol. The van der Waals surface area contributed by atoms with Crippen LogP contribution in [0.15, 0.2) is 18.2 Å². The molecule has 2 N–H and O–H groups in total. The lowest BCUT2D eigenvalue weighted by molar-refractivity contribution is -0.383. The van der Waals surface area contributed by atoms with Crippen LogP contribution in [0.5, 0.6) is 0 Å². The number of hydrogen-bond acceptors (Lipinski definition) is 6. The molecule has 1 aromatic rings. The van der Waals surface area contributed by atoms with Gasteiger partial charge in [-0.3, -0.25) is 14.9 Å². The van der Waals surface area contributed by atoms with Crippen molar-refractivity contribution >= 4 is 28.9 Å². The lowest BCUT2D eigenvalue weighted by Gasteiger charge is -2.26. The minimum absolute atomic E-state index is 0.178. The number of nitrogens with zero attached hydrogens (tertiary/aromatic N) is 1. The molecule has 0 heterocycles. The SMILES string of the molecule is CC(=O)Nc1ccc(N[C@@H](CC(C)C)C(=O)OC(C)(C)C)c([N+](=O)[O-])c1. The largest absolute Gasteiger partial charge is 0.458 e. The maximum absolute atomic E-state index is 12.5. The van der Waals surface area contributed by atoms with E-state index in [9.17, 15) is 19.7 Å². The van der Waals surface area contributed by atoms with E-state index in [0.29, 0.717) is 12.1 Å². The quantitative estimate of drug-likeness (QED) is 0.433. The summed E-state index contributed by atoms with van der Waals surface area (Å²) >= 11 is 0. The first kappa shape index (κ1) is 21.4. The van der Waals surface area contributed by atoms with Crippen LogP contribution in [0.25, 0.3) is 0 Å². The van der Waals surface area contributed by atoms with Gasteiger partial charge in [-0.25, -0.2) is 4.79 Å². The van der Waals surface area contributed by atoms with Crippen molar-refractivity contribution in [1.82, 2.24) is 0 Å². The van der Waals surface area contributed by atoms with E-state index in [-0.39, 0.29) is 23.2 Å². The van der Waals surface area contributed by atoms with Gasteiger partial charge in [0.2, 0.25) is 5.91 Å². The zero-order valence-electron chi connectivity index (χ0n) is 16.1. The molecule has 0 spiro atoms. The van der Waals surface area contributed by atoms with Crippen LogP contribution >= 0.6 is 0 Å². The third kappa shape index (κ3) is 7.08. The van der Waals surface area contributed by atoms with Crippen molar-refractivity contribution < 1.29 is 19.2 Å². The van der Waals surface area contributed by atoms with Crippen molar-refractivity contribution in [2.45, 2.75) is 59.6 Å². The summed E-state index contributed by atoms with van der Waals surface area (Å²) in [7, 11) is 0. The fourth-order valence-electron chi connectivity index (χ4n) is 2.33. The maximum Gasteiger partial charge on any atom is 0.329 e. The number of benzene rings is 1. The normalized spacial score (nSPS) is 12.4. The first-order valence-corrected chi connectivity index (χ1v) is 8.44. The Morgan fingerprint density at radius 2 is 1.88 bits per heavy atom. The molecule has 1 amide bonds. The standard InChI is InChI=1S/C18H27N3O5/c1-11(2)9-15(17(23)26-18(4,5)6)20-14-8-7-13(19-12(3)22)10-16(14)21(24)25/h7-8,10-11,15,20H,9H2,1-6H3,(H,19,22)/t15-/m0/s1. The molecule has 0 saturated carbocycles. The maximum atomic E-state index is 12.5. The average Bonchev–Trinajstić information content (AvgIpc) is 2.44. The molecule has 1 atom stereocenters. The van der Waals surface area contributed by atoms with E-state index in [1.165, 1.54) is 25.1 Å². The number of rotatable bonds is 7. The first-order valence-electron chi connectivity index (χ1n) is 8.44. The van der Waals surface area contributed by atoms with Gasteiger partial charge in [0.1, 0.15) is 17.3 Å². The second kappa shape index (κ2) is 8.64. The summed E-state index contributed by atoms with van der Waals surface area (Å²) in [4.78, 5) is 34.5. The predicted octanol–water partition coefficient (Wildman–Crippen LogP) is 3.72. The zero-order valence-corrected chi connectivity index (χ0v) is 16.1. The fourth-order valence-corrected chi connectivity index (χ4v) is 2.33. The molecule has 0 fully saturated rings. The highest BCUT2D eigenvalue weighted by atomic mass is 16.6. The van der Waals surface area contributed by atoms with Crippen molar-refractivity contribution in [3.05, 3.63) is 28.3 Å². The Labute approximate surface area is 153 Å². The van der Waals surface area contributed by atoms with Crippen LogP contribution < -0.4 is 10.6 Å². The Bertz CT molecular complexity index is 680. The van der Waals surface area contributed by atoms with Crippen LogP contribution in [0.1, 0.15) is 48.0 Å². The Morgan fingerprint density at radius 1 is 1.27 bits per heavy atom. The van der Waals surface area contributed by atoms with E-state index in [2.05, 4.69) is 10.6 Å². The second-order valence-corrected chi connectivity index (χ2v) is 7.53. The summed E-state index contributed by atoms with van der Waals surface area (Å²) in [5.41, 5.74) is -0.378. The number of hydrogen-bond donors (Lipinski definition) is 2. The highest BCUT2D eigenvalue weighted by Gasteiger charge is 2.28. The van der Waals surface area contributed by atoms with Gasteiger partial charge in [-0.2, -0.15) is 0 Å². The van der Waals surface area contributed by atoms with E-state index in [1.807, 2.05) is 13.8 Å². The molecule has 0 unspecified atom stereocenters. The topological polar surface area (TPSA) is 111 Å². The van der Waals surface area contributed by atoms with Crippen LogP contribution in [0.3, 0.4) is 0 Å². The Balaban J connectivity index is 3.14. The van der Waals surface area contributed by atoms with Crippen molar-refractivity contribution in [3.63, 3.8) is 0 Å². The molecule has 0 bridgehead atoms. The van der Waals surface area contributed by atoms with Crippen molar-refractivity contribution in [3.8, 4) is 0 Å². The van der Waals surface area contributed by atoms with E-state index >= 15 is 0 Å². The number of ether oxygens (including phenoxy) is 1. The predicted molar refractivity (Wildman–Crippen MR) is 100 cm³/mol. The van der Waals surface area contributed by atoms with E-state index in [0.717, 1.165) is 0 Å². The van der Waals surface area contributed by atoms with Crippen LogP contribution in [0.4, 0.5) is 17.1 Å². The number of nitro benzene ring substituents is 1. The molecule has 26 heavy (non-hydrogen) atoms. The van der Waals surface area contributed by atoms with E-state index < -0.39 is 22.5 Å². The molecular formula is C18H27N3O5. The molecule has 1 aromatic carbocycles. The van der Waals surface area contributed by atoms with Gasteiger partial charge in [-0.1, -0.05) is 13.8 Å². The van der Waals surface area contributed by atoms with Crippen molar-refractivity contribution in [2.75, 3.05) is 10.6 Å². The molecule has 0 saturated heterocycles. The lowest BCUT2D eigenvalue weighted by Crippen LogP contribution is -2.37. The van der Waals surface area contributed by atoms with Gasteiger partial charge in [0.15, 0.2) is 0 Å². The van der Waals surface area contributed by atoms with E-state index in [4.69, 9.17) is 4.74 Å². The van der Waals surface area contributed by atoms with Gasteiger partial charge < -0.3 is 15.4 Å². The number of carbonyl (C=O) groups excluding carboxylic acids is 2. The van der Waals surface area contributed by atoms with Crippen molar-refractivity contribution in [2.24, 2.45) is 5.92 Å².